The summed E-state index contributed by atoms with van der Waals surface area (Å²) >= 11 is 0. The lowest BCUT2D eigenvalue weighted by Gasteiger charge is -2.15. The van der Waals surface area contributed by atoms with Crippen LogP contribution in [0.3, 0.4) is 0 Å². The Labute approximate surface area is 175 Å². The lowest BCUT2D eigenvalue weighted by molar-refractivity contribution is -0.116. The van der Waals surface area contributed by atoms with Gasteiger partial charge in [0, 0.05) is 49.7 Å². The highest BCUT2D eigenvalue weighted by Gasteiger charge is 2.35. The van der Waals surface area contributed by atoms with E-state index in [0.717, 1.165) is 16.8 Å². The van der Waals surface area contributed by atoms with Crippen molar-refractivity contribution in [3.8, 4) is 0 Å². The second-order valence-corrected chi connectivity index (χ2v) is 7.67. The fraction of sp³-hybridized carbons (Fsp3) is 0.318. The highest BCUT2D eigenvalue weighted by Crippen LogP contribution is 2.39. The van der Waals surface area contributed by atoms with Gasteiger partial charge in [-0.05, 0) is 55.3 Å². The molecule has 8 heteroatoms. The molecule has 8 nitrogen and oxygen atoms in total. The molecule has 1 atom stereocenters. The number of carbonyl (C=O) groups is 2. The van der Waals surface area contributed by atoms with E-state index in [1.54, 1.807) is 41.3 Å². The van der Waals surface area contributed by atoms with E-state index in [4.69, 9.17) is 0 Å². The molecule has 4 rings (SSSR count). The monoisotopic (exact) mass is 404 g/mol. The van der Waals surface area contributed by atoms with Crippen LogP contribution in [-0.4, -0.2) is 38.1 Å². The molecule has 1 N–H and O–H groups in total. The van der Waals surface area contributed by atoms with Gasteiger partial charge in [0.25, 0.3) is 5.91 Å². The highest BCUT2D eigenvalue weighted by atomic mass is 16.2. The zero-order valence-corrected chi connectivity index (χ0v) is 17.2. The summed E-state index contributed by atoms with van der Waals surface area (Å²) in [7, 11) is 0. The van der Waals surface area contributed by atoms with E-state index in [0.29, 0.717) is 24.5 Å². The topological polar surface area (TPSA) is 93.0 Å². The molecule has 0 bridgehead atoms. The van der Waals surface area contributed by atoms with Crippen molar-refractivity contribution in [3.05, 3.63) is 71.6 Å². The number of hydrogen-bond acceptors (Lipinski definition) is 5. The summed E-state index contributed by atoms with van der Waals surface area (Å²) in [5, 5.41) is 7.53. The maximum absolute atomic E-state index is 12.7. The number of fused-ring (bicyclic) bond motifs is 1. The van der Waals surface area contributed by atoms with E-state index in [1.807, 2.05) is 38.1 Å². The molecule has 0 aliphatic carbocycles. The zero-order valence-electron chi connectivity index (χ0n) is 17.2. The van der Waals surface area contributed by atoms with Gasteiger partial charge < -0.3 is 10.2 Å². The smallest absolute Gasteiger partial charge is 0.251 e. The molecule has 0 saturated carbocycles. The number of anilines is 1. The van der Waals surface area contributed by atoms with Gasteiger partial charge in [0.05, 0.1) is 5.92 Å². The lowest BCUT2D eigenvalue weighted by Crippen LogP contribution is -2.27. The maximum Gasteiger partial charge on any atom is 0.251 e. The molecule has 0 fully saturated rings. The Morgan fingerprint density at radius 1 is 1.20 bits per heavy atom. The van der Waals surface area contributed by atoms with Gasteiger partial charge in [-0.3, -0.25) is 19.3 Å². The van der Waals surface area contributed by atoms with Gasteiger partial charge in [0.2, 0.25) is 5.91 Å². The number of aromatic nitrogens is 4. The standard InChI is InChI=1S/C22H24N6O2/c1-14(2)28-13-25-21(26-28)19-12-27(15(3)29)20-5-4-17(10-18(19)20)22(30)24-11-16-6-8-23-9-7-16/h4-10,13-14,19H,11-12H2,1-3H3,(H,24,30)/t19-/m1/s1. The van der Waals surface area contributed by atoms with Gasteiger partial charge in [-0.2, -0.15) is 5.10 Å². The molecule has 0 saturated heterocycles. The second-order valence-electron chi connectivity index (χ2n) is 7.67. The second kappa shape index (κ2) is 8.06. The third-order valence-corrected chi connectivity index (χ3v) is 5.27. The van der Waals surface area contributed by atoms with Crippen LogP contribution in [-0.2, 0) is 11.3 Å². The van der Waals surface area contributed by atoms with Crippen molar-refractivity contribution >= 4 is 17.5 Å². The number of nitrogens with one attached hydrogen (secondary N) is 1. The number of amides is 2. The quantitative estimate of drug-likeness (QED) is 0.706. The Balaban J connectivity index is 1.62. The Hall–Kier alpha value is -3.55. The van der Waals surface area contributed by atoms with Crippen molar-refractivity contribution in [1.82, 2.24) is 25.1 Å². The van der Waals surface area contributed by atoms with Crippen molar-refractivity contribution in [2.75, 3.05) is 11.4 Å². The molecule has 1 aromatic carbocycles. The van der Waals surface area contributed by atoms with Crippen molar-refractivity contribution in [1.29, 1.82) is 0 Å². The van der Waals surface area contributed by atoms with Crippen LogP contribution in [0.25, 0.3) is 0 Å². The molecular formula is C22H24N6O2. The summed E-state index contributed by atoms with van der Waals surface area (Å²) in [4.78, 5) is 35.1. The Morgan fingerprint density at radius 3 is 2.63 bits per heavy atom. The molecule has 2 amide bonds. The fourth-order valence-electron chi connectivity index (χ4n) is 3.60. The van der Waals surface area contributed by atoms with Crippen LogP contribution < -0.4 is 10.2 Å². The normalized spacial score (nSPS) is 15.3. The number of benzene rings is 1. The maximum atomic E-state index is 12.7. The predicted octanol–water partition coefficient (Wildman–Crippen LogP) is 2.68. The van der Waals surface area contributed by atoms with Crippen LogP contribution in [0.2, 0.25) is 0 Å². The summed E-state index contributed by atoms with van der Waals surface area (Å²) in [6.07, 6.45) is 5.10. The largest absolute Gasteiger partial charge is 0.348 e. The molecule has 0 radical (unpaired) electrons. The van der Waals surface area contributed by atoms with E-state index < -0.39 is 0 Å². The Bertz CT molecular complexity index is 1080. The predicted molar refractivity (Wildman–Crippen MR) is 112 cm³/mol. The van der Waals surface area contributed by atoms with Gasteiger partial charge >= 0.3 is 0 Å². The number of pyridine rings is 1. The molecule has 2 aromatic heterocycles. The van der Waals surface area contributed by atoms with Gasteiger partial charge in [-0.25, -0.2) is 4.98 Å². The summed E-state index contributed by atoms with van der Waals surface area (Å²) in [5.74, 6) is 0.270. The molecule has 0 unspecified atom stereocenters. The summed E-state index contributed by atoms with van der Waals surface area (Å²) in [6.45, 7) is 6.50. The first-order chi connectivity index (χ1) is 14.4. The average molecular weight is 404 g/mol. The average Bonchev–Trinajstić information content (AvgIpc) is 3.37. The molecule has 30 heavy (non-hydrogen) atoms. The van der Waals surface area contributed by atoms with E-state index in [9.17, 15) is 9.59 Å². The molecule has 154 valence electrons. The van der Waals surface area contributed by atoms with Gasteiger partial charge in [-0.1, -0.05) is 0 Å². The third-order valence-electron chi connectivity index (χ3n) is 5.27. The van der Waals surface area contributed by atoms with Gasteiger partial charge in [0.15, 0.2) is 5.82 Å². The highest BCUT2D eigenvalue weighted by molar-refractivity contribution is 5.98. The SMILES string of the molecule is CC(=O)N1C[C@@H](c2ncn(C(C)C)n2)c2cc(C(=O)NCc3ccncc3)ccc21. The van der Waals surface area contributed by atoms with Crippen molar-refractivity contribution in [2.24, 2.45) is 0 Å². The third kappa shape index (κ3) is 3.80. The molecular weight excluding hydrogens is 380 g/mol. The molecule has 1 aliphatic heterocycles. The summed E-state index contributed by atoms with van der Waals surface area (Å²) in [5.41, 5.74) is 3.22. The molecule has 1 aliphatic rings. The van der Waals surface area contributed by atoms with Crippen LogP contribution in [0, 0.1) is 0 Å². The number of hydrogen-bond donors (Lipinski definition) is 1. The Kier molecular flexibility index (Phi) is 5.31. The number of carbonyl (C=O) groups excluding carboxylic acids is 2. The van der Waals surface area contributed by atoms with Crippen LogP contribution in [0.4, 0.5) is 5.69 Å². The summed E-state index contributed by atoms with van der Waals surface area (Å²) < 4.78 is 1.80. The minimum Gasteiger partial charge on any atom is -0.348 e. The van der Waals surface area contributed by atoms with Crippen molar-refractivity contribution < 1.29 is 9.59 Å². The summed E-state index contributed by atoms with van der Waals surface area (Å²) in [6, 6.07) is 9.35. The van der Waals surface area contributed by atoms with Gasteiger partial charge in [0.1, 0.15) is 6.33 Å². The first-order valence-electron chi connectivity index (χ1n) is 9.94. The van der Waals surface area contributed by atoms with Crippen molar-refractivity contribution in [2.45, 2.75) is 39.3 Å². The van der Waals surface area contributed by atoms with E-state index in [1.165, 1.54) is 0 Å². The van der Waals surface area contributed by atoms with E-state index in [2.05, 4.69) is 20.4 Å². The molecule has 3 heterocycles. The first-order valence-corrected chi connectivity index (χ1v) is 9.94. The van der Waals surface area contributed by atoms with Crippen LogP contribution in [0.5, 0.6) is 0 Å². The van der Waals surface area contributed by atoms with Crippen LogP contribution in [0.1, 0.15) is 60.0 Å². The van der Waals surface area contributed by atoms with Gasteiger partial charge in [-0.15, -0.1) is 0 Å². The van der Waals surface area contributed by atoms with Crippen LogP contribution in [0.15, 0.2) is 49.1 Å². The number of rotatable bonds is 5. The molecule has 3 aromatic rings. The zero-order chi connectivity index (χ0) is 21.3. The first kappa shape index (κ1) is 19.8. The fourth-order valence-corrected chi connectivity index (χ4v) is 3.60. The minimum atomic E-state index is -0.171. The number of nitrogens with zero attached hydrogens (tertiary/aromatic N) is 5. The lowest BCUT2D eigenvalue weighted by atomic mass is 9.98. The van der Waals surface area contributed by atoms with Crippen molar-refractivity contribution in [3.63, 3.8) is 0 Å². The minimum absolute atomic E-state index is 0.0445. The molecule has 0 spiro atoms. The Morgan fingerprint density at radius 2 is 1.97 bits per heavy atom. The van der Waals surface area contributed by atoms with E-state index >= 15 is 0 Å². The van der Waals surface area contributed by atoms with Crippen LogP contribution >= 0.6 is 0 Å². The van der Waals surface area contributed by atoms with E-state index in [-0.39, 0.29) is 23.8 Å².